The zero-order valence-corrected chi connectivity index (χ0v) is 20.9. The molecule has 0 radical (unpaired) electrons. The van der Waals surface area contributed by atoms with Crippen LogP contribution < -0.4 is 15.5 Å². The summed E-state index contributed by atoms with van der Waals surface area (Å²) in [6.07, 6.45) is 4.66. The second-order valence-corrected chi connectivity index (χ2v) is 10.0. The van der Waals surface area contributed by atoms with E-state index in [0.29, 0.717) is 23.0 Å². The van der Waals surface area contributed by atoms with E-state index in [2.05, 4.69) is 10.6 Å². The number of carbonyl (C=O) groups is 3. The molecule has 3 amide bonds. The minimum atomic E-state index is -1.24. The molecular formula is C28H31FN4O3. The summed E-state index contributed by atoms with van der Waals surface area (Å²) >= 11 is 0. The van der Waals surface area contributed by atoms with Crippen LogP contribution in [-0.4, -0.2) is 33.9 Å². The molecule has 0 unspecified atom stereocenters. The van der Waals surface area contributed by atoms with Gasteiger partial charge < -0.3 is 15.2 Å². The first kappa shape index (κ1) is 24.0. The molecule has 2 aliphatic rings. The number of benzene rings is 2. The molecule has 2 heterocycles. The van der Waals surface area contributed by atoms with Crippen molar-refractivity contribution in [1.82, 2.24) is 9.88 Å². The van der Waals surface area contributed by atoms with Crippen LogP contribution in [0, 0.1) is 5.82 Å². The third-order valence-corrected chi connectivity index (χ3v) is 7.48. The van der Waals surface area contributed by atoms with Gasteiger partial charge in [-0.2, -0.15) is 0 Å². The lowest BCUT2D eigenvalue weighted by molar-refractivity contribution is -0.127. The predicted octanol–water partition coefficient (Wildman–Crippen LogP) is 4.78. The van der Waals surface area contributed by atoms with E-state index >= 15 is 0 Å². The fourth-order valence-electron chi connectivity index (χ4n) is 5.71. The van der Waals surface area contributed by atoms with Crippen LogP contribution in [0.2, 0.25) is 0 Å². The highest BCUT2D eigenvalue weighted by Gasteiger charge is 2.50. The maximum atomic E-state index is 14.4. The van der Waals surface area contributed by atoms with Crippen molar-refractivity contribution in [1.29, 1.82) is 0 Å². The number of carbonyl (C=O) groups excluding carboxylic acids is 3. The van der Waals surface area contributed by atoms with Crippen molar-refractivity contribution < 1.29 is 18.8 Å². The lowest BCUT2D eigenvalue weighted by atomic mass is 9.91. The monoisotopic (exact) mass is 490 g/mol. The summed E-state index contributed by atoms with van der Waals surface area (Å²) < 4.78 is 16.0. The highest BCUT2D eigenvalue weighted by Crippen LogP contribution is 2.42. The fourth-order valence-corrected chi connectivity index (χ4v) is 5.71. The Morgan fingerprint density at radius 3 is 2.56 bits per heavy atom. The lowest BCUT2D eigenvalue weighted by Crippen LogP contribution is -2.65. The molecular weight excluding hydrogens is 459 g/mol. The van der Waals surface area contributed by atoms with Gasteiger partial charge in [-0.15, -0.1) is 0 Å². The number of aromatic nitrogens is 1. The molecule has 8 heteroatoms. The summed E-state index contributed by atoms with van der Waals surface area (Å²) in [5, 5.41) is 6.38. The zero-order chi connectivity index (χ0) is 25.6. The number of nitrogens with one attached hydrogen (secondary N) is 2. The highest BCUT2D eigenvalue weighted by molar-refractivity contribution is 6.20. The average molecular weight is 491 g/mol. The molecule has 188 valence electrons. The molecule has 0 saturated heterocycles. The van der Waals surface area contributed by atoms with Gasteiger partial charge in [0.2, 0.25) is 11.8 Å². The number of fused-ring (bicyclic) bond motifs is 3. The Hall–Kier alpha value is -3.68. The molecule has 1 atom stereocenters. The predicted molar refractivity (Wildman–Crippen MR) is 138 cm³/mol. The second kappa shape index (κ2) is 9.08. The highest BCUT2D eigenvalue weighted by atomic mass is 19.1. The SMILES string of the molecule is CCc1ccccc1N1C(=O)c2c(NC(C)=O)c3cc(F)ccc3n2C[C@@]1(C)C(=O)NC1CCCC1. The van der Waals surface area contributed by atoms with Gasteiger partial charge in [0, 0.05) is 24.0 Å². The molecule has 36 heavy (non-hydrogen) atoms. The number of aryl methyl sites for hydroxylation is 1. The van der Waals surface area contributed by atoms with E-state index in [9.17, 15) is 18.8 Å². The van der Waals surface area contributed by atoms with Crippen molar-refractivity contribution in [3.05, 3.63) is 59.5 Å². The number of anilines is 2. The first-order valence-corrected chi connectivity index (χ1v) is 12.6. The number of nitrogens with zero attached hydrogens (tertiary/aromatic N) is 2. The van der Waals surface area contributed by atoms with Gasteiger partial charge in [-0.05, 0) is 56.0 Å². The van der Waals surface area contributed by atoms with Crippen molar-refractivity contribution in [2.24, 2.45) is 0 Å². The molecule has 1 saturated carbocycles. The number of para-hydroxylation sites is 1. The Kier molecular flexibility index (Phi) is 6.06. The van der Waals surface area contributed by atoms with Crippen LogP contribution in [0.1, 0.15) is 62.5 Å². The van der Waals surface area contributed by atoms with Crippen LogP contribution in [0.25, 0.3) is 10.9 Å². The van der Waals surface area contributed by atoms with Crippen LogP contribution in [0.3, 0.4) is 0 Å². The van der Waals surface area contributed by atoms with Crippen LogP contribution in [-0.2, 0) is 22.6 Å². The van der Waals surface area contributed by atoms with Crippen molar-refractivity contribution in [2.75, 3.05) is 10.2 Å². The van der Waals surface area contributed by atoms with Gasteiger partial charge >= 0.3 is 0 Å². The molecule has 1 aliphatic carbocycles. The minimum Gasteiger partial charge on any atom is -0.351 e. The Morgan fingerprint density at radius 2 is 1.86 bits per heavy atom. The summed E-state index contributed by atoms with van der Waals surface area (Å²) in [4.78, 5) is 42.0. The van der Waals surface area contributed by atoms with Gasteiger partial charge in [0.1, 0.15) is 17.1 Å². The van der Waals surface area contributed by atoms with E-state index < -0.39 is 17.3 Å². The maximum Gasteiger partial charge on any atom is 0.278 e. The number of hydrogen-bond acceptors (Lipinski definition) is 3. The summed E-state index contributed by atoms with van der Waals surface area (Å²) in [6.45, 7) is 5.31. The third kappa shape index (κ3) is 3.85. The number of rotatable bonds is 5. The number of amides is 3. The van der Waals surface area contributed by atoms with Gasteiger partial charge in [-0.3, -0.25) is 19.3 Å². The minimum absolute atomic E-state index is 0.0829. The van der Waals surface area contributed by atoms with Crippen LogP contribution in [0.15, 0.2) is 42.5 Å². The molecule has 3 aromatic rings. The molecule has 5 rings (SSSR count). The molecule has 2 N–H and O–H groups in total. The molecule has 7 nitrogen and oxygen atoms in total. The first-order valence-electron chi connectivity index (χ1n) is 12.6. The average Bonchev–Trinajstić information content (AvgIpc) is 3.45. The smallest absolute Gasteiger partial charge is 0.278 e. The summed E-state index contributed by atoms with van der Waals surface area (Å²) in [5.74, 6) is -1.47. The van der Waals surface area contributed by atoms with Crippen molar-refractivity contribution in [3.63, 3.8) is 0 Å². The summed E-state index contributed by atoms with van der Waals surface area (Å²) in [7, 11) is 0. The Morgan fingerprint density at radius 1 is 1.14 bits per heavy atom. The van der Waals surface area contributed by atoms with Crippen molar-refractivity contribution in [3.8, 4) is 0 Å². The topological polar surface area (TPSA) is 83.4 Å². The Balaban J connectivity index is 1.74. The van der Waals surface area contributed by atoms with Crippen LogP contribution in [0.5, 0.6) is 0 Å². The van der Waals surface area contributed by atoms with Gasteiger partial charge in [-0.25, -0.2) is 4.39 Å². The first-order chi connectivity index (χ1) is 17.2. The maximum absolute atomic E-state index is 14.4. The summed E-state index contributed by atoms with van der Waals surface area (Å²) in [6, 6.07) is 11.9. The van der Waals surface area contributed by atoms with E-state index in [0.717, 1.165) is 31.2 Å². The van der Waals surface area contributed by atoms with E-state index in [1.54, 1.807) is 22.5 Å². The van der Waals surface area contributed by atoms with Gasteiger partial charge in [0.25, 0.3) is 5.91 Å². The van der Waals surface area contributed by atoms with E-state index in [-0.39, 0.29) is 35.8 Å². The lowest BCUT2D eigenvalue weighted by Gasteiger charge is -2.45. The quantitative estimate of drug-likeness (QED) is 0.540. The van der Waals surface area contributed by atoms with Crippen LogP contribution >= 0.6 is 0 Å². The number of halogens is 1. The number of hydrogen-bond donors (Lipinski definition) is 2. The molecule has 1 fully saturated rings. The summed E-state index contributed by atoms with van der Waals surface area (Å²) in [5.41, 5.74) is 1.44. The molecule has 1 aromatic heterocycles. The van der Waals surface area contributed by atoms with Crippen molar-refractivity contribution >= 4 is 40.0 Å². The Bertz CT molecular complexity index is 1370. The Labute approximate surface area is 209 Å². The fraction of sp³-hybridized carbons (Fsp3) is 0.393. The van der Waals surface area contributed by atoms with E-state index in [4.69, 9.17) is 0 Å². The largest absolute Gasteiger partial charge is 0.351 e. The molecule has 1 aliphatic heterocycles. The van der Waals surface area contributed by atoms with Crippen LogP contribution in [0.4, 0.5) is 15.8 Å². The van der Waals surface area contributed by atoms with Gasteiger partial charge in [0.15, 0.2) is 0 Å². The molecule has 0 bridgehead atoms. The molecule has 2 aromatic carbocycles. The van der Waals surface area contributed by atoms with E-state index in [1.807, 2.05) is 31.2 Å². The van der Waals surface area contributed by atoms with E-state index in [1.165, 1.54) is 19.1 Å². The van der Waals surface area contributed by atoms with Crippen molar-refractivity contribution in [2.45, 2.75) is 71.0 Å². The standard InChI is InChI=1S/C28H31FN4O3/c1-4-18-9-5-8-12-22(18)33-26(35)25-24(30-17(2)34)21-15-19(29)13-14-23(21)32(25)16-28(33,3)27(36)31-20-10-6-7-11-20/h5,8-9,12-15,20H,4,6-7,10-11,16H2,1-3H3,(H,30,34)(H,31,36)/t28-/m0/s1. The second-order valence-electron chi connectivity index (χ2n) is 10.0. The normalized spacial score (nSPS) is 20.0. The zero-order valence-electron chi connectivity index (χ0n) is 20.9. The van der Waals surface area contributed by atoms with Gasteiger partial charge in [-0.1, -0.05) is 38.0 Å². The van der Waals surface area contributed by atoms with Gasteiger partial charge in [0.05, 0.1) is 17.7 Å². The third-order valence-electron chi connectivity index (χ3n) is 7.48. The molecule has 0 spiro atoms.